The predicted molar refractivity (Wildman–Crippen MR) is 89.3 cm³/mol. The van der Waals surface area contributed by atoms with Gasteiger partial charge in [0.15, 0.2) is 6.10 Å². The molecular weight excluding hydrogens is 334 g/mol. The van der Waals surface area contributed by atoms with Crippen LogP contribution in [0.25, 0.3) is 0 Å². The lowest BCUT2D eigenvalue weighted by Crippen LogP contribution is -2.56. The first-order valence-electron chi connectivity index (χ1n) is 7.74. The van der Waals surface area contributed by atoms with E-state index in [1.54, 1.807) is 32.9 Å². The zero-order valence-electron chi connectivity index (χ0n) is 14.0. The number of carbonyl (C=O) groups excluding carboxylic acids is 1. The molecule has 1 aliphatic heterocycles. The predicted octanol–water partition coefficient (Wildman–Crippen LogP) is 2.97. The number of carboxylic acids is 1. The Bertz CT molecular complexity index is 596. The minimum absolute atomic E-state index is 0.0392. The summed E-state index contributed by atoms with van der Waals surface area (Å²) in [5.41, 5.74) is 0.328. The van der Waals surface area contributed by atoms with Crippen molar-refractivity contribution in [1.82, 2.24) is 4.90 Å². The number of aliphatic carboxylic acids is 1. The van der Waals surface area contributed by atoms with Gasteiger partial charge in [-0.15, -0.1) is 0 Å². The molecule has 1 aliphatic rings. The smallest absolute Gasteiger partial charge is 0.410 e. The lowest BCUT2D eigenvalue weighted by molar-refractivity contribution is -0.158. The summed E-state index contributed by atoms with van der Waals surface area (Å²) < 4.78 is 10.8. The SMILES string of the molecule is CC(C)(C)OC(=O)N1CC(C(=O)O)OC[C@@H]1Cc1ccc(Cl)cc1. The number of carboxylic acid groups (broad SMARTS) is 1. The molecule has 1 unspecified atom stereocenters. The van der Waals surface area contributed by atoms with Crippen molar-refractivity contribution in [2.75, 3.05) is 13.2 Å². The maximum absolute atomic E-state index is 12.5. The first kappa shape index (κ1) is 18.5. The lowest BCUT2D eigenvalue weighted by atomic mass is 10.0. The van der Waals surface area contributed by atoms with Gasteiger partial charge in [-0.3, -0.25) is 4.90 Å². The second-order valence-electron chi connectivity index (χ2n) is 6.78. The van der Waals surface area contributed by atoms with Gasteiger partial charge < -0.3 is 14.6 Å². The van der Waals surface area contributed by atoms with Crippen LogP contribution in [0, 0.1) is 0 Å². The molecule has 1 heterocycles. The molecule has 1 N–H and O–H groups in total. The number of benzene rings is 1. The van der Waals surface area contributed by atoms with Crippen LogP contribution in [0.5, 0.6) is 0 Å². The second kappa shape index (κ2) is 7.40. The standard InChI is InChI=1S/C17H22ClNO5/c1-17(2,3)24-16(22)19-9-14(15(20)21)23-10-13(19)8-11-4-6-12(18)7-5-11/h4-7,13-14H,8-10H2,1-3H3,(H,20,21)/t13-,14?/m0/s1. The summed E-state index contributed by atoms with van der Waals surface area (Å²) >= 11 is 5.89. The van der Waals surface area contributed by atoms with Crippen LogP contribution >= 0.6 is 11.6 Å². The summed E-state index contributed by atoms with van der Waals surface area (Å²) in [6.07, 6.45) is -1.04. The average molecular weight is 356 g/mol. The van der Waals surface area contributed by atoms with E-state index >= 15 is 0 Å². The molecule has 6 nitrogen and oxygen atoms in total. The molecule has 0 aliphatic carbocycles. The Morgan fingerprint density at radius 2 is 1.96 bits per heavy atom. The van der Waals surface area contributed by atoms with Crippen molar-refractivity contribution >= 4 is 23.7 Å². The molecule has 1 aromatic carbocycles. The van der Waals surface area contributed by atoms with Crippen LogP contribution in [0.1, 0.15) is 26.3 Å². The van der Waals surface area contributed by atoms with E-state index < -0.39 is 23.8 Å². The molecule has 7 heteroatoms. The topological polar surface area (TPSA) is 76.1 Å². The van der Waals surface area contributed by atoms with E-state index in [2.05, 4.69) is 0 Å². The third kappa shape index (κ3) is 5.11. The number of amides is 1. The van der Waals surface area contributed by atoms with Crippen molar-refractivity contribution in [3.63, 3.8) is 0 Å². The fourth-order valence-electron chi connectivity index (χ4n) is 2.45. The van der Waals surface area contributed by atoms with Gasteiger partial charge in [-0.1, -0.05) is 23.7 Å². The van der Waals surface area contributed by atoms with Gasteiger partial charge in [0.1, 0.15) is 5.60 Å². The summed E-state index contributed by atoms with van der Waals surface area (Å²) in [6.45, 7) is 5.41. The van der Waals surface area contributed by atoms with Gasteiger partial charge in [-0.2, -0.15) is 0 Å². The number of hydrogen-bond acceptors (Lipinski definition) is 4. The normalized spacial score (nSPS) is 21.4. The molecule has 0 saturated carbocycles. The molecule has 0 bridgehead atoms. The van der Waals surface area contributed by atoms with Crippen molar-refractivity contribution in [1.29, 1.82) is 0 Å². The monoisotopic (exact) mass is 355 g/mol. The molecule has 1 amide bonds. The van der Waals surface area contributed by atoms with E-state index in [0.29, 0.717) is 11.4 Å². The van der Waals surface area contributed by atoms with Gasteiger partial charge in [-0.25, -0.2) is 9.59 Å². The van der Waals surface area contributed by atoms with Crippen molar-refractivity contribution < 1.29 is 24.2 Å². The van der Waals surface area contributed by atoms with Gasteiger partial charge >= 0.3 is 12.1 Å². The van der Waals surface area contributed by atoms with Crippen LogP contribution in [0.4, 0.5) is 4.79 Å². The molecular formula is C17H22ClNO5. The van der Waals surface area contributed by atoms with Crippen molar-refractivity contribution in [2.24, 2.45) is 0 Å². The van der Waals surface area contributed by atoms with Crippen LogP contribution in [0.2, 0.25) is 5.02 Å². The van der Waals surface area contributed by atoms with Gasteiger partial charge in [0, 0.05) is 5.02 Å². The van der Waals surface area contributed by atoms with E-state index in [4.69, 9.17) is 26.2 Å². The Morgan fingerprint density at radius 1 is 1.33 bits per heavy atom. The molecule has 1 aromatic rings. The second-order valence-corrected chi connectivity index (χ2v) is 7.21. The minimum atomic E-state index is -1.09. The van der Waals surface area contributed by atoms with Crippen LogP contribution < -0.4 is 0 Å². The lowest BCUT2D eigenvalue weighted by Gasteiger charge is -2.39. The highest BCUT2D eigenvalue weighted by Crippen LogP contribution is 2.21. The molecule has 1 fully saturated rings. The van der Waals surface area contributed by atoms with Gasteiger partial charge in [-0.05, 0) is 44.9 Å². The Morgan fingerprint density at radius 3 is 2.50 bits per heavy atom. The van der Waals surface area contributed by atoms with Gasteiger partial charge in [0.2, 0.25) is 0 Å². The Labute approximate surface area is 146 Å². The molecule has 0 radical (unpaired) electrons. The largest absolute Gasteiger partial charge is 0.479 e. The highest BCUT2D eigenvalue weighted by atomic mass is 35.5. The number of halogens is 1. The van der Waals surface area contributed by atoms with E-state index in [-0.39, 0.29) is 19.2 Å². The van der Waals surface area contributed by atoms with Gasteiger partial charge in [0.05, 0.1) is 19.2 Å². The molecule has 1 saturated heterocycles. The summed E-state index contributed by atoms with van der Waals surface area (Å²) in [5, 5.41) is 9.79. The number of carbonyl (C=O) groups is 2. The first-order chi connectivity index (χ1) is 11.2. The Hall–Kier alpha value is -1.79. The molecule has 2 rings (SSSR count). The van der Waals surface area contributed by atoms with E-state index in [1.165, 1.54) is 4.90 Å². The Balaban J connectivity index is 2.15. The molecule has 24 heavy (non-hydrogen) atoms. The van der Waals surface area contributed by atoms with E-state index in [0.717, 1.165) is 5.56 Å². The quantitative estimate of drug-likeness (QED) is 0.902. The number of rotatable bonds is 3. The summed E-state index contributed by atoms with van der Waals surface area (Å²) in [4.78, 5) is 25.1. The van der Waals surface area contributed by atoms with Crippen LogP contribution in [-0.4, -0.2) is 53.0 Å². The van der Waals surface area contributed by atoms with Gasteiger partial charge in [0.25, 0.3) is 0 Å². The fourth-order valence-corrected chi connectivity index (χ4v) is 2.58. The summed E-state index contributed by atoms with van der Waals surface area (Å²) in [5.74, 6) is -1.09. The minimum Gasteiger partial charge on any atom is -0.479 e. The highest BCUT2D eigenvalue weighted by molar-refractivity contribution is 6.30. The molecule has 132 valence electrons. The van der Waals surface area contributed by atoms with E-state index in [9.17, 15) is 9.59 Å². The Kier molecular flexibility index (Phi) is 5.72. The first-order valence-corrected chi connectivity index (χ1v) is 8.12. The number of ether oxygens (including phenoxy) is 2. The third-order valence-corrected chi connectivity index (χ3v) is 3.83. The van der Waals surface area contributed by atoms with Crippen molar-refractivity contribution in [3.05, 3.63) is 34.9 Å². The average Bonchev–Trinajstić information content (AvgIpc) is 2.48. The number of nitrogens with zero attached hydrogens (tertiary/aromatic N) is 1. The van der Waals surface area contributed by atoms with Crippen molar-refractivity contribution in [2.45, 2.75) is 44.9 Å². The van der Waals surface area contributed by atoms with E-state index in [1.807, 2.05) is 12.1 Å². The summed E-state index contributed by atoms with van der Waals surface area (Å²) in [6, 6.07) is 7.01. The summed E-state index contributed by atoms with van der Waals surface area (Å²) in [7, 11) is 0. The maximum Gasteiger partial charge on any atom is 0.410 e. The van der Waals surface area contributed by atoms with Crippen LogP contribution in [0.3, 0.4) is 0 Å². The molecule has 0 aromatic heterocycles. The zero-order valence-corrected chi connectivity index (χ0v) is 14.7. The van der Waals surface area contributed by atoms with Crippen LogP contribution in [0.15, 0.2) is 24.3 Å². The highest BCUT2D eigenvalue weighted by Gasteiger charge is 2.37. The molecule has 0 spiro atoms. The van der Waals surface area contributed by atoms with Crippen LogP contribution in [-0.2, 0) is 20.7 Å². The maximum atomic E-state index is 12.5. The fraction of sp³-hybridized carbons (Fsp3) is 0.529. The van der Waals surface area contributed by atoms with Crippen molar-refractivity contribution in [3.8, 4) is 0 Å². The molecule has 2 atom stereocenters. The third-order valence-electron chi connectivity index (χ3n) is 3.58. The number of hydrogen-bond donors (Lipinski definition) is 1. The number of morpholine rings is 1. The zero-order chi connectivity index (χ0) is 17.9.